The van der Waals surface area contributed by atoms with Crippen LogP contribution in [0.15, 0.2) is 54.6 Å². The van der Waals surface area contributed by atoms with Crippen LogP contribution in [0.5, 0.6) is 5.75 Å². The Balaban J connectivity index is 1.62. The van der Waals surface area contributed by atoms with Gasteiger partial charge in [0.15, 0.2) is 0 Å². The highest BCUT2D eigenvalue weighted by Gasteiger charge is 2.37. The summed E-state index contributed by atoms with van der Waals surface area (Å²) in [5.41, 5.74) is 4.50. The Labute approximate surface area is 223 Å². The van der Waals surface area contributed by atoms with Crippen molar-refractivity contribution in [2.75, 3.05) is 25.1 Å². The fourth-order valence-electron chi connectivity index (χ4n) is 4.57. The Morgan fingerprint density at radius 1 is 0.886 bits per heavy atom. The number of benzene rings is 3. The number of cyclic esters (lactones) is 1. The van der Waals surface area contributed by atoms with Crippen LogP contribution < -0.4 is 9.64 Å². The van der Waals surface area contributed by atoms with Crippen LogP contribution in [0.4, 0.5) is 5.69 Å². The second-order valence-electron chi connectivity index (χ2n) is 8.42. The maximum Gasteiger partial charge on any atom is 0.341 e. The van der Waals surface area contributed by atoms with E-state index in [4.69, 9.17) is 55.9 Å². The largest absolute Gasteiger partial charge is 0.497 e. The summed E-state index contributed by atoms with van der Waals surface area (Å²) < 4.78 is 11.0. The summed E-state index contributed by atoms with van der Waals surface area (Å²) in [6.45, 7) is 2.13. The molecule has 2 heterocycles. The number of carbonyl (C=O) groups is 1. The highest BCUT2D eigenvalue weighted by Crippen LogP contribution is 2.49. The smallest absolute Gasteiger partial charge is 0.341 e. The Kier molecular flexibility index (Phi) is 6.91. The number of halogens is 4. The van der Waals surface area contributed by atoms with Crippen LogP contribution in [-0.4, -0.2) is 26.2 Å². The molecule has 0 N–H and O–H groups in total. The minimum atomic E-state index is -0.785. The molecule has 3 aromatic rings. The molecule has 1 atom stereocenters. The molecule has 3 aromatic carbocycles. The number of esters is 1. The number of rotatable bonds is 5. The summed E-state index contributed by atoms with van der Waals surface area (Å²) >= 11 is 25.4. The zero-order valence-corrected chi connectivity index (χ0v) is 21.8. The van der Waals surface area contributed by atoms with Crippen LogP contribution in [0, 0.1) is 0 Å². The lowest BCUT2D eigenvalue weighted by Crippen LogP contribution is -2.17. The maximum absolute atomic E-state index is 12.7. The molecule has 180 valence electrons. The molecule has 0 aliphatic carbocycles. The molecule has 0 amide bonds. The Morgan fingerprint density at radius 2 is 1.46 bits per heavy atom. The minimum Gasteiger partial charge on any atom is -0.497 e. The van der Waals surface area contributed by atoms with E-state index in [9.17, 15) is 4.79 Å². The SMILES string of the molecule is COc1ccc(C(=CC2OC(=O)c3c(Cl)c(Cl)c(Cl)c(Cl)c32)c2ccc(N3CCCC3)cc2)cc1. The summed E-state index contributed by atoms with van der Waals surface area (Å²) in [4.78, 5) is 15.1. The molecule has 35 heavy (non-hydrogen) atoms. The van der Waals surface area contributed by atoms with E-state index in [1.807, 2.05) is 30.3 Å². The maximum atomic E-state index is 12.7. The molecule has 1 unspecified atom stereocenters. The Hall–Kier alpha value is -2.37. The van der Waals surface area contributed by atoms with Crippen LogP contribution in [0.2, 0.25) is 20.1 Å². The number of anilines is 1. The predicted octanol–water partition coefficient (Wildman–Crippen LogP) is 8.25. The first-order valence-corrected chi connectivity index (χ1v) is 12.7. The lowest BCUT2D eigenvalue weighted by molar-refractivity contribution is 0.0468. The van der Waals surface area contributed by atoms with Gasteiger partial charge >= 0.3 is 5.97 Å². The second kappa shape index (κ2) is 9.94. The molecule has 0 saturated carbocycles. The van der Waals surface area contributed by atoms with Crippen molar-refractivity contribution in [1.82, 2.24) is 0 Å². The quantitative estimate of drug-likeness (QED) is 0.183. The van der Waals surface area contributed by atoms with E-state index in [0.29, 0.717) is 5.56 Å². The molecular weight excluding hydrogens is 528 g/mol. The van der Waals surface area contributed by atoms with E-state index >= 15 is 0 Å². The van der Waals surface area contributed by atoms with Gasteiger partial charge in [-0.15, -0.1) is 0 Å². The normalized spacial score (nSPS) is 17.5. The van der Waals surface area contributed by atoms with Crippen molar-refractivity contribution < 1.29 is 14.3 Å². The third kappa shape index (κ3) is 4.49. The zero-order valence-electron chi connectivity index (χ0n) is 18.8. The molecule has 2 aliphatic heterocycles. The molecule has 1 fully saturated rings. The molecular formula is C27H21Cl4NO3. The number of hydrogen-bond donors (Lipinski definition) is 0. The van der Waals surface area contributed by atoms with Crippen LogP contribution in [0.1, 0.15) is 46.0 Å². The van der Waals surface area contributed by atoms with Crippen molar-refractivity contribution in [3.8, 4) is 5.75 Å². The molecule has 1 saturated heterocycles. The van der Waals surface area contributed by atoms with E-state index in [1.54, 1.807) is 7.11 Å². The van der Waals surface area contributed by atoms with Gasteiger partial charge in [0.05, 0.1) is 32.8 Å². The topological polar surface area (TPSA) is 38.8 Å². The molecule has 0 spiro atoms. The van der Waals surface area contributed by atoms with E-state index in [2.05, 4.69) is 29.2 Å². The van der Waals surface area contributed by atoms with Gasteiger partial charge in [0.25, 0.3) is 0 Å². The fourth-order valence-corrected chi connectivity index (χ4v) is 5.63. The lowest BCUT2D eigenvalue weighted by Gasteiger charge is -2.19. The molecule has 8 heteroatoms. The van der Waals surface area contributed by atoms with Crippen molar-refractivity contribution >= 4 is 63.6 Å². The van der Waals surface area contributed by atoms with Crippen LogP contribution in [0.25, 0.3) is 5.57 Å². The third-order valence-corrected chi connectivity index (χ3v) is 8.21. The first-order chi connectivity index (χ1) is 16.9. The van der Waals surface area contributed by atoms with Crippen molar-refractivity contribution in [2.45, 2.75) is 18.9 Å². The van der Waals surface area contributed by atoms with Crippen LogP contribution in [0.3, 0.4) is 0 Å². The molecule has 2 aliphatic rings. The molecule has 4 nitrogen and oxygen atoms in total. The van der Waals surface area contributed by atoms with Crippen LogP contribution >= 0.6 is 46.4 Å². The van der Waals surface area contributed by atoms with E-state index in [0.717, 1.165) is 35.5 Å². The first kappa shape index (κ1) is 24.3. The van der Waals surface area contributed by atoms with Gasteiger partial charge in [0, 0.05) is 24.3 Å². The van der Waals surface area contributed by atoms with Gasteiger partial charge in [-0.3, -0.25) is 0 Å². The van der Waals surface area contributed by atoms with Crippen molar-refractivity contribution in [2.24, 2.45) is 0 Å². The monoisotopic (exact) mass is 547 g/mol. The van der Waals surface area contributed by atoms with E-state index < -0.39 is 12.1 Å². The van der Waals surface area contributed by atoms with Gasteiger partial charge in [-0.05, 0) is 59.9 Å². The Bertz CT molecular complexity index is 1310. The number of carbonyl (C=O) groups excluding carboxylic acids is 1. The first-order valence-electron chi connectivity index (χ1n) is 11.2. The third-order valence-electron chi connectivity index (χ3n) is 6.39. The molecule has 0 aromatic heterocycles. The van der Waals surface area contributed by atoms with Crippen LogP contribution in [-0.2, 0) is 4.74 Å². The second-order valence-corrected chi connectivity index (χ2v) is 9.93. The standard InChI is InChI=1S/C27H21Cl4NO3/c1-34-18-10-6-16(7-11-18)19(15-4-8-17(9-5-15)32-12-2-3-13-32)14-20-21-22(27(33)35-20)24(29)26(31)25(30)23(21)28/h4-11,14,20H,2-3,12-13H2,1H3. The van der Waals surface area contributed by atoms with Gasteiger partial charge in [0.1, 0.15) is 11.9 Å². The van der Waals surface area contributed by atoms with Crippen molar-refractivity contribution in [3.05, 3.63) is 97.0 Å². The van der Waals surface area contributed by atoms with Gasteiger partial charge in [0.2, 0.25) is 0 Å². The predicted molar refractivity (Wildman–Crippen MR) is 143 cm³/mol. The number of fused-ring (bicyclic) bond motifs is 1. The summed E-state index contributed by atoms with van der Waals surface area (Å²) in [6, 6.07) is 16.1. The minimum absolute atomic E-state index is 0.0338. The lowest BCUT2D eigenvalue weighted by atomic mass is 9.94. The van der Waals surface area contributed by atoms with E-state index in [1.165, 1.54) is 18.5 Å². The van der Waals surface area contributed by atoms with Gasteiger partial charge in [-0.2, -0.15) is 0 Å². The summed E-state index contributed by atoms with van der Waals surface area (Å²) in [5.74, 6) is 0.150. The van der Waals surface area contributed by atoms with Gasteiger partial charge in [-0.1, -0.05) is 70.7 Å². The summed E-state index contributed by atoms with van der Waals surface area (Å²) in [6.07, 6.45) is 3.50. The fraction of sp³-hybridized carbons (Fsp3) is 0.222. The Morgan fingerprint density at radius 3 is 2.06 bits per heavy atom. The summed E-state index contributed by atoms with van der Waals surface area (Å²) in [5, 5.41) is 0.320. The van der Waals surface area contributed by atoms with Crippen molar-refractivity contribution in [3.63, 3.8) is 0 Å². The number of nitrogens with zero attached hydrogens (tertiary/aromatic N) is 1. The number of hydrogen-bond acceptors (Lipinski definition) is 4. The number of ether oxygens (including phenoxy) is 2. The average molecular weight is 549 g/mol. The molecule has 0 radical (unpaired) electrons. The molecule has 0 bridgehead atoms. The highest BCUT2D eigenvalue weighted by atomic mass is 35.5. The average Bonchev–Trinajstić information content (AvgIpc) is 3.53. The van der Waals surface area contributed by atoms with Crippen molar-refractivity contribution in [1.29, 1.82) is 0 Å². The van der Waals surface area contributed by atoms with Gasteiger partial charge < -0.3 is 14.4 Å². The zero-order chi connectivity index (χ0) is 24.7. The number of methoxy groups -OCH3 is 1. The van der Waals surface area contributed by atoms with E-state index in [-0.39, 0.29) is 25.7 Å². The molecule has 5 rings (SSSR count). The summed E-state index contributed by atoms with van der Waals surface area (Å²) in [7, 11) is 1.62. The van der Waals surface area contributed by atoms with Gasteiger partial charge in [-0.25, -0.2) is 4.79 Å². The highest BCUT2D eigenvalue weighted by molar-refractivity contribution is 6.53.